The third-order valence-electron chi connectivity index (χ3n) is 8.64. The van der Waals surface area contributed by atoms with Crippen molar-refractivity contribution in [3.63, 3.8) is 0 Å². The maximum atomic E-state index is 14.6. The van der Waals surface area contributed by atoms with E-state index >= 15 is 0 Å². The summed E-state index contributed by atoms with van der Waals surface area (Å²) in [6.07, 6.45) is 4.74. The number of Topliss-reactive ketones (excluding diaryl/α,β-unsaturated/α-hetero) is 1. The van der Waals surface area contributed by atoms with Crippen LogP contribution in [-0.4, -0.2) is 60.1 Å². The van der Waals surface area contributed by atoms with Crippen molar-refractivity contribution >= 4 is 34.9 Å². The number of piperidine rings is 1. The Morgan fingerprint density at radius 1 is 0.978 bits per heavy atom. The zero-order valence-electron chi connectivity index (χ0n) is 25.0. The second kappa shape index (κ2) is 13.6. The largest absolute Gasteiger partial charge is 0.478 e. The molecule has 10 nitrogen and oxygen atoms in total. The first-order chi connectivity index (χ1) is 21.8. The molecule has 2 aliphatic heterocycles. The number of nitrogens with one attached hydrogen (secondary N) is 2. The quantitative estimate of drug-likeness (QED) is 0.212. The number of amides is 1. The number of benzene rings is 2. The summed E-state index contributed by atoms with van der Waals surface area (Å²) in [5.74, 6) is -0.239. The summed E-state index contributed by atoms with van der Waals surface area (Å²) in [6, 6.07) is 14.7. The lowest BCUT2D eigenvalue weighted by Crippen LogP contribution is -2.35. The SMILES string of the molecule is O=C(CC1CCN(c2cccc(OCc3ccc(C(=O)C4CC4)cc3F)n2)CC1)Nc1ccc(C(=O)O)cc1NCC1CCO1. The average molecular weight is 617 g/mol. The van der Waals surface area contributed by atoms with E-state index in [1.54, 1.807) is 24.3 Å². The lowest BCUT2D eigenvalue weighted by Gasteiger charge is -2.32. The summed E-state index contributed by atoms with van der Waals surface area (Å²) in [4.78, 5) is 43.5. The molecule has 3 aromatic rings. The number of aromatic carboxylic acids is 1. The number of carbonyl (C=O) groups excluding carboxylic acids is 2. The van der Waals surface area contributed by atoms with Gasteiger partial charge in [0.05, 0.1) is 23.0 Å². The molecule has 1 saturated carbocycles. The fraction of sp³-hybridized carbons (Fsp3) is 0.412. The molecule has 3 fully saturated rings. The number of halogens is 1. The van der Waals surface area contributed by atoms with Gasteiger partial charge in [-0.2, -0.15) is 4.98 Å². The van der Waals surface area contributed by atoms with Gasteiger partial charge in [-0.15, -0.1) is 0 Å². The molecule has 236 valence electrons. The Hall–Kier alpha value is -4.51. The summed E-state index contributed by atoms with van der Waals surface area (Å²) in [5, 5.41) is 15.6. The molecule has 1 aromatic heterocycles. The van der Waals surface area contributed by atoms with Gasteiger partial charge >= 0.3 is 5.97 Å². The van der Waals surface area contributed by atoms with Crippen LogP contribution in [0.25, 0.3) is 0 Å². The Morgan fingerprint density at radius 2 is 1.76 bits per heavy atom. The Morgan fingerprint density at radius 3 is 2.44 bits per heavy atom. The molecular formula is C34H37FN4O6. The summed E-state index contributed by atoms with van der Waals surface area (Å²) in [7, 11) is 0. The highest BCUT2D eigenvalue weighted by atomic mass is 19.1. The predicted octanol–water partition coefficient (Wildman–Crippen LogP) is 5.54. The third kappa shape index (κ3) is 7.78. The fourth-order valence-corrected chi connectivity index (χ4v) is 5.64. The number of ether oxygens (including phenoxy) is 2. The van der Waals surface area contributed by atoms with Crippen LogP contribution in [0, 0.1) is 17.7 Å². The molecule has 11 heteroatoms. The smallest absolute Gasteiger partial charge is 0.335 e. The molecule has 2 saturated heterocycles. The van der Waals surface area contributed by atoms with Crippen molar-refractivity contribution in [3.05, 3.63) is 77.1 Å². The second-order valence-electron chi connectivity index (χ2n) is 12.0. The number of rotatable bonds is 13. The molecule has 1 unspecified atom stereocenters. The van der Waals surface area contributed by atoms with Crippen molar-refractivity contribution in [1.82, 2.24) is 4.98 Å². The monoisotopic (exact) mass is 616 g/mol. The molecule has 3 heterocycles. The van der Waals surface area contributed by atoms with Gasteiger partial charge in [0.15, 0.2) is 5.78 Å². The first kappa shape index (κ1) is 30.5. The van der Waals surface area contributed by atoms with E-state index in [-0.39, 0.29) is 41.8 Å². The van der Waals surface area contributed by atoms with Gasteiger partial charge in [-0.25, -0.2) is 9.18 Å². The predicted molar refractivity (Wildman–Crippen MR) is 166 cm³/mol. The first-order valence-corrected chi connectivity index (χ1v) is 15.5. The summed E-state index contributed by atoms with van der Waals surface area (Å²) < 4.78 is 25.9. The minimum absolute atomic E-state index is 0.00198. The van der Waals surface area contributed by atoms with E-state index in [0.29, 0.717) is 41.3 Å². The summed E-state index contributed by atoms with van der Waals surface area (Å²) >= 11 is 0. The number of carboxylic acids is 1. The van der Waals surface area contributed by atoms with Crippen molar-refractivity contribution < 1.29 is 33.4 Å². The van der Waals surface area contributed by atoms with Gasteiger partial charge < -0.3 is 30.1 Å². The van der Waals surface area contributed by atoms with Crippen LogP contribution in [0.15, 0.2) is 54.6 Å². The molecule has 1 amide bonds. The van der Waals surface area contributed by atoms with Crippen LogP contribution in [0.4, 0.5) is 21.6 Å². The van der Waals surface area contributed by atoms with Gasteiger partial charge in [-0.3, -0.25) is 9.59 Å². The maximum Gasteiger partial charge on any atom is 0.335 e. The molecule has 45 heavy (non-hydrogen) atoms. The van der Waals surface area contributed by atoms with E-state index in [4.69, 9.17) is 9.47 Å². The number of ketones is 1. The van der Waals surface area contributed by atoms with Crippen LogP contribution in [0.5, 0.6) is 5.88 Å². The van der Waals surface area contributed by atoms with E-state index in [9.17, 15) is 23.9 Å². The molecule has 6 rings (SSSR count). The number of anilines is 3. The average Bonchev–Trinajstić information content (AvgIpc) is 3.86. The fourth-order valence-electron chi connectivity index (χ4n) is 5.64. The minimum Gasteiger partial charge on any atom is -0.478 e. The van der Waals surface area contributed by atoms with Crippen LogP contribution in [0.1, 0.15) is 64.8 Å². The molecule has 2 aromatic carbocycles. The van der Waals surface area contributed by atoms with E-state index in [1.807, 2.05) is 12.1 Å². The Kier molecular flexibility index (Phi) is 9.25. The van der Waals surface area contributed by atoms with Gasteiger partial charge in [0.25, 0.3) is 0 Å². The lowest BCUT2D eigenvalue weighted by atomic mass is 9.93. The van der Waals surface area contributed by atoms with Gasteiger partial charge in [0.2, 0.25) is 11.8 Å². The van der Waals surface area contributed by atoms with Gasteiger partial charge in [-0.05, 0) is 68.4 Å². The number of hydrogen-bond acceptors (Lipinski definition) is 8. The number of carboxylic acid groups (broad SMARTS) is 1. The standard InChI is InChI=1S/C34H37FN4O6/c35-27-17-23(33(41)22-4-5-22)6-7-25(27)20-45-32-3-1-2-30(38-32)39-13-10-21(11-14-39)16-31(40)37-28-9-8-24(34(42)43)18-29(28)36-19-26-12-15-44-26/h1-3,6-9,17-18,21-22,26,36H,4-5,10-16,19-20H2,(H,37,40)(H,42,43). The molecule has 1 atom stereocenters. The number of pyridine rings is 1. The molecule has 3 N–H and O–H groups in total. The molecule has 0 spiro atoms. The summed E-state index contributed by atoms with van der Waals surface area (Å²) in [5.41, 5.74) is 2.02. The molecular weight excluding hydrogens is 579 g/mol. The Labute approximate surface area is 260 Å². The lowest BCUT2D eigenvalue weighted by molar-refractivity contribution is -0.117. The number of hydrogen-bond donors (Lipinski definition) is 3. The first-order valence-electron chi connectivity index (χ1n) is 15.5. The normalized spacial score (nSPS) is 18.2. The maximum absolute atomic E-state index is 14.6. The van der Waals surface area contributed by atoms with Crippen molar-refractivity contribution in [2.24, 2.45) is 11.8 Å². The second-order valence-corrected chi connectivity index (χ2v) is 12.0. The van der Waals surface area contributed by atoms with Crippen molar-refractivity contribution in [2.75, 3.05) is 41.8 Å². The van der Waals surface area contributed by atoms with Gasteiger partial charge in [0, 0.05) is 55.8 Å². The van der Waals surface area contributed by atoms with Crippen molar-refractivity contribution in [3.8, 4) is 5.88 Å². The van der Waals surface area contributed by atoms with E-state index in [2.05, 4.69) is 20.5 Å². The topological polar surface area (TPSA) is 130 Å². The highest BCUT2D eigenvalue weighted by molar-refractivity contribution is 5.99. The molecule has 0 radical (unpaired) electrons. The highest BCUT2D eigenvalue weighted by Gasteiger charge is 2.31. The zero-order valence-corrected chi connectivity index (χ0v) is 25.0. The zero-order chi connectivity index (χ0) is 31.3. The van der Waals surface area contributed by atoms with Gasteiger partial charge in [0.1, 0.15) is 18.2 Å². The van der Waals surface area contributed by atoms with E-state index in [1.165, 1.54) is 18.2 Å². The van der Waals surface area contributed by atoms with Crippen LogP contribution in [-0.2, 0) is 16.1 Å². The van der Waals surface area contributed by atoms with Crippen LogP contribution >= 0.6 is 0 Å². The van der Waals surface area contributed by atoms with Gasteiger partial charge in [-0.1, -0.05) is 18.2 Å². The van der Waals surface area contributed by atoms with Crippen molar-refractivity contribution in [2.45, 2.75) is 51.2 Å². The highest BCUT2D eigenvalue weighted by Crippen LogP contribution is 2.33. The Bertz CT molecular complexity index is 1570. The molecule has 0 bridgehead atoms. The van der Waals surface area contributed by atoms with Crippen LogP contribution < -0.4 is 20.3 Å². The molecule has 1 aliphatic carbocycles. The number of nitrogens with zero attached hydrogens (tertiary/aromatic N) is 2. The minimum atomic E-state index is -1.03. The Balaban J connectivity index is 0.988. The van der Waals surface area contributed by atoms with E-state index < -0.39 is 11.8 Å². The summed E-state index contributed by atoms with van der Waals surface area (Å²) in [6.45, 7) is 2.71. The van der Waals surface area contributed by atoms with E-state index in [0.717, 1.165) is 57.6 Å². The molecule has 3 aliphatic rings. The third-order valence-corrected chi connectivity index (χ3v) is 8.64. The number of aromatic nitrogens is 1. The van der Waals surface area contributed by atoms with Crippen LogP contribution in [0.3, 0.4) is 0 Å². The van der Waals surface area contributed by atoms with Crippen molar-refractivity contribution in [1.29, 1.82) is 0 Å². The number of carbonyl (C=O) groups is 3. The van der Waals surface area contributed by atoms with Crippen LogP contribution in [0.2, 0.25) is 0 Å².